The van der Waals surface area contributed by atoms with E-state index in [1.165, 1.54) is 0 Å². The summed E-state index contributed by atoms with van der Waals surface area (Å²) in [6.45, 7) is 5.55. The highest BCUT2D eigenvalue weighted by atomic mass is 16.5. The lowest BCUT2D eigenvalue weighted by Gasteiger charge is -2.34. The molecule has 0 fully saturated rings. The number of esters is 1. The van der Waals surface area contributed by atoms with E-state index < -0.39 is 0 Å². The molecule has 3 rings (SSSR count). The number of carbonyl (C=O) groups is 2. The van der Waals surface area contributed by atoms with Crippen molar-refractivity contribution in [3.05, 3.63) is 58.4 Å². The molecule has 0 unspecified atom stereocenters. The Bertz CT molecular complexity index is 729. The van der Waals surface area contributed by atoms with E-state index in [0.717, 1.165) is 35.4 Å². The second-order valence-corrected chi connectivity index (χ2v) is 6.63. The Morgan fingerprint density at radius 2 is 1.92 bits per heavy atom. The van der Waals surface area contributed by atoms with E-state index >= 15 is 0 Å². The van der Waals surface area contributed by atoms with Crippen molar-refractivity contribution in [2.75, 3.05) is 0 Å². The first-order valence-corrected chi connectivity index (χ1v) is 8.49. The zero-order valence-electron chi connectivity index (χ0n) is 14.4. The fourth-order valence-corrected chi connectivity index (χ4v) is 3.51. The van der Waals surface area contributed by atoms with Crippen LogP contribution in [0.1, 0.15) is 51.5 Å². The van der Waals surface area contributed by atoms with Crippen LogP contribution in [0.5, 0.6) is 0 Å². The lowest BCUT2D eigenvalue weighted by Crippen LogP contribution is -2.34. The summed E-state index contributed by atoms with van der Waals surface area (Å²) >= 11 is 0. The van der Waals surface area contributed by atoms with Crippen molar-refractivity contribution >= 4 is 11.8 Å². The van der Waals surface area contributed by atoms with E-state index in [4.69, 9.17) is 4.74 Å². The Labute approximate surface area is 142 Å². The highest BCUT2D eigenvalue weighted by Crippen LogP contribution is 2.42. The van der Waals surface area contributed by atoms with Crippen molar-refractivity contribution in [3.8, 4) is 0 Å². The van der Waals surface area contributed by atoms with Gasteiger partial charge in [0, 0.05) is 29.3 Å². The molecule has 0 saturated heterocycles. The van der Waals surface area contributed by atoms with Gasteiger partial charge >= 0.3 is 5.97 Å². The molecule has 0 saturated carbocycles. The first-order chi connectivity index (χ1) is 11.5. The van der Waals surface area contributed by atoms with E-state index in [1.54, 1.807) is 0 Å². The van der Waals surface area contributed by atoms with Crippen LogP contribution in [-0.2, 0) is 14.3 Å². The van der Waals surface area contributed by atoms with Gasteiger partial charge in [-0.3, -0.25) is 4.79 Å². The molecule has 1 aromatic rings. The van der Waals surface area contributed by atoms with Gasteiger partial charge in [-0.05, 0) is 39.2 Å². The summed E-state index contributed by atoms with van der Waals surface area (Å²) in [7, 11) is 0. The van der Waals surface area contributed by atoms with E-state index in [1.807, 2.05) is 51.1 Å². The average molecular weight is 325 g/mol. The van der Waals surface area contributed by atoms with Crippen LogP contribution in [0.2, 0.25) is 0 Å². The van der Waals surface area contributed by atoms with Crippen LogP contribution in [0.3, 0.4) is 0 Å². The molecule has 0 amide bonds. The van der Waals surface area contributed by atoms with Crippen LogP contribution in [0.15, 0.2) is 52.9 Å². The summed E-state index contributed by atoms with van der Waals surface area (Å²) < 4.78 is 5.46. The number of ketones is 1. The number of rotatable bonds is 3. The number of benzene rings is 1. The van der Waals surface area contributed by atoms with Gasteiger partial charge in [0.1, 0.15) is 0 Å². The summed E-state index contributed by atoms with van der Waals surface area (Å²) in [5, 5.41) is 3.29. The van der Waals surface area contributed by atoms with E-state index in [2.05, 4.69) is 5.32 Å². The van der Waals surface area contributed by atoms with Gasteiger partial charge in [0.15, 0.2) is 5.78 Å². The Morgan fingerprint density at radius 3 is 2.58 bits per heavy atom. The van der Waals surface area contributed by atoms with Crippen molar-refractivity contribution in [2.24, 2.45) is 0 Å². The maximum Gasteiger partial charge on any atom is 0.337 e. The number of nitrogens with one attached hydrogen (secondary N) is 1. The van der Waals surface area contributed by atoms with Crippen LogP contribution in [0.25, 0.3) is 0 Å². The molecule has 126 valence electrons. The van der Waals surface area contributed by atoms with Gasteiger partial charge in [-0.1, -0.05) is 30.3 Å². The van der Waals surface area contributed by atoms with Crippen molar-refractivity contribution < 1.29 is 14.3 Å². The molecule has 1 heterocycles. The van der Waals surface area contributed by atoms with E-state index in [-0.39, 0.29) is 23.8 Å². The summed E-state index contributed by atoms with van der Waals surface area (Å²) in [5.41, 5.74) is 3.97. The number of allylic oxidation sites excluding steroid dienone is 3. The largest absolute Gasteiger partial charge is 0.460 e. The zero-order valence-corrected chi connectivity index (χ0v) is 14.4. The number of Topliss-reactive ketones (excluding diaryl/α,β-unsaturated/α-hetero) is 1. The summed E-state index contributed by atoms with van der Waals surface area (Å²) in [6.07, 6.45) is 2.03. The predicted molar refractivity (Wildman–Crippen MR) is 92.1 cm³/mol. The van der Waals surface area contributed by atoms with Crippen molar-refractivity contribution in [2.45, 2.75) is 52.1 Å². The van der Waals surface area contributed by atoms with Crippen molar-refractivity contribution in [1.82, 2.24) is 5.32 Å². The number of carbonyl (C=O) groups excluding carboxylic acids is 2. The van der Waals surface area contributed by atoms with Crippen LogP contribution in [-0.4, -0.2) is 17.9 Å². The summed E-state index contributed by atoms with van der Waals surface area (Å²) in [6, 6.07) is 9.75. The fraction of sp³-hybridized carbons (Fsp3) is 0.400. The highest BCUT2D eigenvalue weighted by Gasteiger charge is 2.39. The molecule has 0 spiro atoms. The van der Waals surface area contributed by atoms with E-state index in [0.29, 0.717) is 12.0 Å². The third-order valence-electron chi connectivity index (χ3n) is 4.47. The first kappa shape index (κ1) is 16.5. The van der Waals surface area contributed by atoms with Crippen molar-refractivity contribution in [3.63, 3.8) is 0 Å². The molecule has 1 aliphatic heterocycles. The zero-order chi connectivity index (χ0) is 17.3. The maximum absolute atomic E-state index is 12.7. The number of hydrogen-bond donors (Lipinski definition) is 1. The normalized spacial score (nSPS) is 20.8. The van der Waals surface area contributed by atoms with Crippen LogP contribution < -0.4 is 5.32 Å². The molecule has 4 nitrogen and oxygen atoms in total. The van der Waals surface area contributed by atoms with Gasteiger partial charge < -0.3 is 10.1 Å². The van der Waals surface area contributed by atoms with Crippen LogP contribution in [0.4, 0.5) is 0 Å². The molecular weight excluding hydrogens is 302 g/mol. The number of ether oxygens (including phenoxy) is 1. The molecule has 1 atom stereocenters. The fourth-order valence-electron chi connectivity index (χ4n) is 3.51. The number of hydrogen-bond acceptors (Lipinski definition) is 4. The molecular formula is C20H23NO3. The molecule has 1 aromatic carbocycles. The summed E-state index contributed by atoms with van der Waals surface area (Å²) in [4.78, 5) is 25.4. The second-order valence-electron chi connectivity index (χ2n) is 6.63. The Kier molecular flexibility index (Phi) is 4.56. The van der Waals surface area contributed by atoms with Crippen LogP contribution in [0, 0.1) is 0 Å². The first-order valence-electron chi connectivity index (χ1n) is 8.49. The molecule has 2 aliphatic rings. The monoisotopic (exact) mass is 325 g/mol. The minimum absolute atomic E-state index is 0.125. The van der Waals surface area contributed by atoms with Gasteiger partial charge in [0.25, 0.3) is 0 Å². The molecule has 1 aliphatic carbocycles. The highest BCUT2D eigenvalue weighted by molar-refractivity contribution is 6.03. The molecule has 0 radical (unpaired) electrons. The van der Waals surface area contributed by atoms with Gasteiger partial charge in [-0.25, -0.2) is 4.79 Å². The van der Waals surface area contributed by atoms with Crippen molar-refractivity contribution in [1.29, 1.82) is 0 Å². The lowest BCUT2D eigenvalue weighted by atomic mass is 9.75. The Balaban J connectivity index is 2.12. The van der Waals surface area contributed by atoms with Gasteiger partial charge in [-0.15, -0.1) is 0 Å². The topological polar surface area (TPSA) is 55.4 Å². The third kappa shape index (κ3) is 3.01. The SMILES string of the molecule is CC1=C(C(=O)OC(C)C)[C@H](c2ccccc2)C2=C(CCCC2=O)N1. The van der Waals surface area contributed by atoms with Gasteiger partial charge in [0.2, 0.25) is 0 Å². The molecule has 0 bridgehead atoms. The molecule has 0 aromatic heterocycles. The third-order valence-corrected chi connectivity index (χ3v) is 4.47. The Hall–Kier alpha value is -2.36. The maximum atomic E-state index is 12.7. The standard InChI is InChI=1S/C20H23NO3/c1-12(2)24-20(23)17-13(3)21-15-10-7-11-16(22)19(15)18(17)14-8-5-4-6-9-14/h4-6,8-9,12,18,21H,7,10-11H2,1-3H3/t18-/m0/s1. The van der Waals surface area contributed by atoms with Gasteiger partial charge in [0.05, 0.1) is 11.7 Å². The smallest absolute Gasteiger partial charge is 0.337 e. The Morgan fingerprint density at radius 1 is 1.21 bits per heavy atom. The van der Waals surface area contributed by atoms with Crippen LogP contribution >= 0.6 is 0 Å². The number of dihydropyridines is 1. The summed E-state index contributed by atoms with van der Waals surface area (Å²) in [5.74, 6) is -0.574. The minimum atomic E-state index is -0.353. The molecule has 4 heteroatoms. The lowest BCUT2D eigenvalue weighted by molar-refractivity contribution is -0.143. The quantitative estimate of drug-likeness (QED) is 0.863. The van der Waals surface area contributed by atoms with Gasteiger partial charge in [-0.2, -0.15) is 0 Å². The average Bonchev–Trinajstić information content (AvgIpc) is 2.53. The predicted octanol–water partition coefficient (Wildman–Crippen LogP) is 3.61. The minimum Gasteiger partial charge on any atom is -0.460 e. The molecule has 1 N–H and O–H groups in total. The second kappa shape index (κ2) is 6.63. The van der Waals surface area contributed by atoms with E-state index in [9.17, 15) is 9.59 Å². The molecule has 24 heavy (non-hydrogen) atoms.